The van der Waals surface area contributed by atoms with E-state index in [4.69, 9.17) is 4.74 Å². The summed E-state index contributed by atoms with van der Waals surface area (Å²) in [6.45, 7) is 4.27. The van der Waals surface area contributed by atoms with Gasteiger partial charge in [0.1, 0.15) is 11.6 Å². The van der Waals surface area contributed by atoms with Crippen molar-refractivity contribution in [2.75, 3.05) is 6.54 Å². The molecule has 0 spiro atoms. The van der Waals surface area contributed by atoms with Gasteiger partial charge in [-0.05, 0) is 38.1 Å². The van der Waals surface area contributed by atoms with Crippen LogP contribution in [0, 0.1) is 6.92 Å². The van der Waals surface area contributed by atoms with Crippen molar-refractivity contribution < 1.29 is 9.53 Å². The van der Waals surface area contributed by atoms with Crippen LogP contribution in [0.5, 0.6) is 5.75 Å². The molecule has 0 unspecified atom stereocenters. The normalized spacial score (nSPS) is 12.1. The molecule has 5 heteroatoms. The van der Waals surface area contributed by atoms with Crippen LogP contribution >= 0.6 is 0 Å². The second-order valence-electron chi connectivity index (χ2n) is 5.81. The number of hydrogen-bond acceptors (Lipinski definition) is 3. The molecule has 0 fully saturated rings. The number of aromatic amines is 1. The van der Waals surface area contributed by atoms with E-state index in [0.29, 0.717) is 18.7 Å². The predicted molar refractivity (Wildman–Crippen MR) is 94.1 cm³/mol. The van der Waals surface area contributed by atoms with Gasteiger partial charge in [0.2, 0.25) is 0 Å². The maximum Gasteiger partial charge on any atom is 0.260 e. The Kier molecular flexibility index (Phi) is 4.79. The maximum absolute atomic E-state index is 12.1. The molecule has 24 heavy (non-hydrogen) atoms. The zero-order valence-corrected chi connectivity index (χ0v) is 13.9. The van der Waals surface area contributed by atoms with Gasteiger partial charge in [0.15, 0.2) is 6.10 Å². The molecule has 1 heterocycles. The van der Waals surface area contributed by atoms with Crippen LogP contribution in [0.1, 0.15) is 18.3 Å². The molecule has 5 nitrogen and oxygen atoms in total. The van der Waals surface area contributed by atoms with Crippen molar-refractivity contribution in [1.82, 2.24) is 15.3 Å². The van der Waals surface area contributed by atoms with Gasteiger partial charge < -0.3 is 15.0 Å². The molecule has 0 saturated carbocycles. The number of aromatic nitrogens is 2. The van der Waals surface area contributed by atoms with Crippen LogP contribution in [0.2, 0.25) is 0 Å². The molecule has 0 aliphatic rings. The van der Waals surface area contributed by atoms with Gasteiger partial charge in [-0.1, -0.05) is 29.8 Å². The van der Waals surface area contributed by atoms with Gasteiger partial charge in [-0.3, -0.25) is 4.79 Å². The minimum atomic E-state index is -0.539. The fourth-order valence-corrected chi connectivity index (χ4v) is 2.45. The molecule has 0 aliphatic heterocycles. The number of imidazole rings is 1. The molecule has 124 valence electrons. The Morgan fingerprint density at radius 2 is 1.96 bits per heavy atom. The molecular weight excluding hydrogens is 302 g/mol. The number of nitrogens with one attached hydrogen (secondary N) is 2. The molecule has 3 rings (SSSR count). The molecule has 2 aromatic carbocycles. The van der Waals surface area contributed by atoms with E-state index in [1.807, 2.05) is 55.5 Å². The molecule has 2 N–H and O–H groups in total. The first-order chi connectivity index (χ1) is 11.6. The van der Waals surface area contributed by atoms with E-state index < -0.39 is 6.10 Å². The van der Waals surface area contributed by atoms with Gasteiger partial charge in [0.25, 0.3) is 5.91 Å². The van der Waals surface area contributed by atoms with Crippen molar-refractivity contribution in [3.05, 3.63) is 59.9 Å². The van der Waals surface area contributed by atoms with Gasteiger partial charge >= 0.3 is 0 Å². The number of amides is 1. The maximum atomic E-state index is 12.1. The summed E-state index contributed by atoms with van der Waals surface area (Å²) in [5.41, 5.74) is 3.11. The van der Waals surface area contributed by atoms with Gasteiger partial charge in [-0.25, -0.2) is 4.98 Å². The minimum absolute atomic E-state index is 0.133. The van der Waals surface area contributed by atoms with Gasteiger partial charge in [0.05, 0.1) is 11.0 Å². The Bertz CT molecular complexity index is 791. The van der Waals surface area contributed by atoms with E-state index in [1.165, 1.54) is 0 Å². The van der Waals surface area contributed by atoms with Crippen LogP contribution in [0.15, 0.2) is 48.5 Å². The fraction of sp³-hybridized carbons (Fsp3) is 0.263. The molecule has 0 aliphatic carbocycles. The van der Waals surface area contributed by atoms with Gasteiger partial charge in [0, 0.05) is 13.0 Å². The molecule has 0 bridgehead atoms. The highest BCUT2D eigenvalue weighted by molar-refractivity contribution is 5.80. The standard InChI is InChI=1S/C19H21N3O2/c1-13-7-9-15(10-8-13)24-14(2)19(23)20-12-11-18-21-16-5-3-4-6-17(16)22-18/h3-10,14H,11-12H2,1-2H3,(H,20,23)(H,21,22)/t14-/m1/s1. The number of para-hydroxylation sites is 2. The number of fused-ring (bicyclic) bond motifs is 1. The number of rotatable bonds is 6. The third-order valence-electron chi connectivity index (χ3n) is 3.80. The second kappa shape index (κ2) is 7.17. The van der Waals surface area contributed by atoms with Crippen LogP contribution < -0.4 is 10.1 Å². The SMILES string of the molecule is Cc1ccc(O[C@H](C)C(=O)NCCc2nc3ccccc3[nH]2)cc1. The number of carbonyl (C=O) groups is 1. The molecule has 1 amide bonds. The number of hydrogen-bond donors (Lipinski definition) is 2. The highest BCUT2D eigenvalue weighted by Gasteiger charge is 2.14. The predicted octanol–water partition coefficient (Wildman–Crippen LogP) is 3.00. The van der Waals surface area contributed by atoms with Crippen LogP contribution in [0.4, 0.5) is 0 Å². The van der Waals surface area contributed by atoms with Gasteiger partial charge in [-0.15, -0.1) is 0 Å². The van der Waals surface area contributed by atoms with E-state index >= 15 is 0 Å². The summed E-state index contributed by atoms with van der Waals surface area (Å²) in [6, 6.07) is 15.5. The van der Waals surface area contributed by atoms with E-state index in [1.54, 1.807) is 6.92 Å². The van der Waals surface area contributed by atoms with Crippen molar-refractivity contribution >= 4 is 16.9 Å². The van der Waals surface area contributed by atoms with Gasteiger partial charge in [-0.2, -0.15) is 0 Å². The Hall–Kier alpha value is -2.82. The molecule has 0 radical (unpaired) electrons. The second-order valence-corrected chi connectivity index (χ2v) is 5.81. The van der Waals surface area contributed by atoms with E-state index in [0.717, 1.165) is 22.4 Å². The van der Waals surface area contributed by atoms with Crippen molar-refractivity contribution in [3.8, 4) is 5.75 Å². The number of nitrogens with zero attached hydrogens (tertiary/aromatic N) is 1. The average Bonchev–Trinajstić information content (AvgIpc) is 2.99. The highest BCUT2D eigenvalue weighted by atomic mass is 16.5. The number of carbonyl (C=O) groups excluding carboxylic acids is 1. The molecular formula is C19H21N3O2. The minimum Gasteiger partial charge on any atom is -0.481 e. The average molecular weight is 323 g/mol. The largest absolute Gasteiger partial charge is 0.481 e. The topological polar surface area (TPSA) is 67.0 Å². The van der Waals surface area contributed by atoms with Crippen LogP contribution in [0.3, 0.4) is 0 Å². The van der Waals surface area contributed by atoms with Crippen LogP contribution in [0.25, 0.3) is 11.0 Å². The third-order valence-corrected chi connectivity index (χ3v) is 3.80. The summed E-state index contributed by atoms with van der Waals surface area (Å²) in [6.07, 6.45) is 0.112. The monoisotopic (exact) mass is 323 g/mol. The summed E-state index contributed by atoms with van der Waals surface area (Å²) in [7, 11) is 0. The highest BCUT2D eigenvalue weighted by Crippen LogP contribution is 2.13. The summed E-state index contributed by atoms with van der Waals surface area (Å²) in [4.78, 5) is 19.9. The van der Waals surface area contributed by atoms with E-state index in [-0.39, 0.29) is 5.91 Å². The molecule has 1 atom stereocenters. The number of benzene rings is 2. The summed E-state index contributed by atoms with van der Waals surface area (Å²) in [5.74, 6) is 1.43. The summed E-state index contributed by atoms with van der Waals surface area (Å²) in [5, 5.41) is 2.88. The van der Waals surface area contributed by atoms with Crippen LogP contribution in [-0.2, 0) is 11.2 Å². The lowest BCUT2D eigenvalue weighted by Gasteiger charge is -2.14. The van der Waals surface area contributed by atoms with Crippen molar-refractivity contribution in [2.45, 2.75) is 26.4 Å². The third kappa shape index (κ3) is 3.93. The van der Waals surface area contributed by atoms with Crippen LogP contribution in [-0.4, -0.2) is 28.5 Å². The Morgan fingerprint density at radius 1 is 1.21 bits per heavy atom. The smallest absolute Gasteiger partial charge is 0.260 e. The molecule has 3 aromatic rings. The molecule has 1 aromatic heterocycles. The first-order valence-corrected chi connectivity index (χ1v) is 8.06. The lowest BCUT2D eigenvalue weighted by molar-refractivity contribution is -0.127. The van der Waals surface area contributed by atoms with E-state index in [2.05, 4.69) is 15.3 Å². The van der Waals surface area contributed by atoms with Crippen molar-refractivity contribution in [2.24, 2.45) is 0 Å². The molecule has 0 saturated heterocycles. The van der Waals surface area contributed by atoms with Crippen molar-refractivity contribution in [3.63, 3.8) is 0 Å². The van der Waals surface area contributed by atoms with Crippen molar-refractivity contribution in [1.29, 1.82) is 0 Å². The quantitative estimate of drug-likeness (QED) is 0.733. The lowest BCUT2D eigenvalue weighted by atomic mass is 10.2. The number of H-pyrrole nitrogens is 1. The Morgan fingerprint density at radius 3 is 2.71 bits per heavy atom. The zero-order valence-electron chi connectivity index (χ0n) is 13.9. The number of aryl methyl sites for hydroxylation is 1. The zero-order chi connectivity index (χ0) is 16.9. The summed E-state index contributed by atoms with van der Waals surface area (Å²) < 4.78 is 5.65. The lowest BCUT2D eigenvalue weighted by Crippen LogP contribution is -2.37. The fourth-order valence-electron chi connectivity index (χ4n) is 2.45. The Labute approximate surface area is 141 Å². The Balaban J connectivity index is 1.48. The van der Waals surface area contributed by atoms with E-state index in [9.17, 15) is 4.79 Å². The number of ether oxygens (including phenoxy) is 1. The summed E-state index contributed by atoms with van der Waals surface area (Å²) >= 11 is 0. The first kappa shape index (κ1) is 16.1. The first-order valence-electron chi connectivity index (χ1n) is 8.06.